The molecule has 0 saturated heterocycles. The molecule has 1 aromatic heterocycles. The van der Waals surface area contributed by atoms with Crippen LogP contribution in [0.25, 0.3) is 10.9 Å². The highest BCUT2D eigenvalue weighted by Crippen LogP contribution is 2.30. The molecule has 1 aliphatic carbocycles. The zero-order valence-corrected chi connectivity index (χ0v) is 14.0. The van der Waals surface area contributed by atoms with E-state index in [2.05, 4.69) is 9.72 Å². The highest BCUT2D eigenvalue weighted by Gasteiger charge is 2.32. The first-order chi connectivity index (χ1) is 11.0. The maximum absolute atomic E-state index is 12.7. The number of aromatic nitrogens is 1. The van der Waals surface area contributed by atoms with Crippen molar-refractivity contribution in [3.8, 4) is 0 Å². The number of benzene rings is 1. The molecule has 1 aromatic carbocycles. The number of carbonyl (C=O) groups is 1. The molecule has 0 N–H and O–H groups in total. The van der Waals surface area contributed by atoms with Crippen LogP contribution in [0.15, 0.2) is 41.4 Å². The molecule has 1 heterocycles. The lowest BCUT2D eigenvalue weighted by Crippen LogP contribution is -2.41. The van der Waals surface area contributed by atoms with Gasteiger partial charge in [0, 0.05) is 24.7 Å². The molecule has 0 bridgehead atoms. The van der Waals surface area contributed by atoms with E-state index in [0.717, 1.165) is 24.6 Å². The van der Waals surface area contributed by atoms with Crippen molar-refractivity contribution in [2.45, 2.75) is 30.2 Å². The Labute approximate surface area is 136 Å². The van der Waals surface area contributed by atoms with Gasteiger partial charge in [-0.15, -0.1) is 0 Å². The molecule has 23 heavy (non-hydrogen) atoms. The zero-order chi connectivity index (χ0) is 16.9. The molecule has 0 radical (unpaired) electrons. The van der Waals surface area contributed by atoms with Crippen LogP contribution >= 0.6 is 0 Å². The topological polar surface area (TPSA) is 76.6 Å². The molecule has 1 fully saturated rings. The van der Waals surface area contributed by atoms with Crippen molar-refractivity contribution in [2.24, 2.45) is 0 Å². The van der Waals surface area contributed by atoms with Gasteiger partial charge in [-0.3, -0.25) is 9.78 Å². The predicted molar refractivity (Wildman–Crippen MR) is 87.4 cm³/mol. The Hall–Kier alpha value is -1.99. The summed E-state index contributed by atoms with van der Waals surface area (Å²) in [4.78, 5) is 13.5. The minimum atomic E-state index is -3.45. The maximum atomic E-state index is 12.7. The Morgan fingerprint density at radius 2 is 1.91 bits per heavy atom. The van der Waals surface area contributed by atoms with Gasteiger partial charge in [0.1, 0.15) is 4.90 Å². The number of para-hydroxylation sites is 1. The van der Waals surface area contributed by atoms with Gasteiger partial charge in [-0.2, -0.15) is 4.31 Å². The SMILES string of the molecule is CN(C1CCC1)S(=O)(=O)c1cccc2cccnc12.COC=O. The molecule has 7 heteroatoms. The lowest BCUT2D eigenvalue weighted by Gasteiger charge is -2.33. The van der Waals surface area contributed by atoms with Crippen LogP contribution in [-0.2, 0) is 19.6 Å². The number of nitrogens with zero attached hydrogens (tertiary/aromatic N) is 2. The summed E-state index contributed by atoms with van der Waals surface area (Å²) in [6.45, 7) is 0.375. The summed E-state index contributed by atoms with van der Waals surface area (Å²) in [6.07, 6.45) is 4.64. The lowest BCUT2D eigenvalue weighted by atomic mass is 9.94. The quantitative estimate of drug-likeness (QED) is 0.800. The Morgan fingerprint density at radius 1 is 1.26 bits per heavy atom. The number of ether oxygens (including phenoxy) is 1. The monoisotopic (exact) mass is 336 g/mol. The molecule has 1 saturated carbocycles. The summed E-state index contributed by atoms with van der Waals surface area (Å²) in [6, 6.07) is 9.12. The van der Waals surface area contributed by atoms with Gasteiger partial charge >= 0.3 is 0 Å². The number of hydrogen-bond acceptors (Lipinski definition) is 5. The number of sulfonamides is 1. The van der Waals surface area contributed by atoms with Gasteiger partial charge in [-0.25, -0.2) is 8.42 Å². The van der Waals surface area contributed by atoms with Gasteiger partial charge in [0.15, 0.2) is 0 Å². The first kappa shape index (κ1) is 17.4. The second-order valence-electron chi connectivity index (χ2n) is 5.27. The van der Waals surface area contributed by atoms with Gasteiger partial charge in [0.2, 0.25) is 10.0 Å². The van der Waals surface area contributed by atoms with Crippen LogP contribution < -0.4 is 0 Å². The van der Waals surface area contributed by atoms with Gasteiger partial charge < -0.3 is 4.74 Å². The van der Waals surface area contributed by atoms with E-state index in [1.54, 1.807) is 25.4 Å². The van der Waals surface area contributed by atoms with Crippen molar-refractivity contribution < 1.29 is 17.9 Å². The summed E-state index contributed by atoms with van der Waals surface area (Å²) in [5, 5.41) is 0.852. The standard InChI is InChI=1S/C14H16N2O2S.C2H4O2/c1-16(12-7-3-8-12)19(17,18)13-9-2-5-11-6-4-10-15-14(11)13;1-4-2-3/h2,4-6,9-10,12H,3,7-8H2,1H3;2H,1H3. The van der Waals surface area contributed by atoms with E-state index in [9.17, 15) is 8.42 Å². The number of fused-ring (bicyclic) bond motifs is 1. The summed E-state index contributed by atoms with van der Waals surface area (Å²) in [7, 11) is -0.475. The van der Waals surface area contributed by atoms with Crippen LogP contribution in [0.1, 0.15) is 19.3 Å². The molecule has 0 atom stereocenters. The van der Waals surface area contributed by atoms with Crippen molar-refractivity contribution in [1.29, 1.82) is 0 Å². The molecular weight excluding hydrogens is 316 g/mol. The summed E-state index contributed by atoms with van der Waals surface area (Å²) in [5.41, 5.74) is 0.552. The summed E-state index contributed by atoms with van der Waals surface area (Å²) in [5.74, 6) is 0. The van der Waals surface area contributed by atoms with Crippen LogP contribution in [-0.4, -0.2) is 44.4 Å². The van der Waals surface area contributed by atoms with Crippen LogP contribution in [0.4, 0.5) is 0 Å². The van der Waals surface area contributed by atoms with E-state index in [1.807, 2.05) is 18.2 Å². The number of methoxy groups -OCH3 is 1. The highest BCUT2D eigenvalue weighted by atomic mass is 32.2. The van der Waals surface area contributed by atoms with Crippen molar-refractivity contribution in [2.75, 3.05) is 14.2 Å². The first-order valence-corrected chi connectivity index (χ1v) is 8.74. The third-order valence-electron chi connectivity index (χ3n) is 3.94. The normalized spacial score (nSPS) is 14.7. The largest absolute Gasteiger partial charge is 0.471 e. The second kappa shape index (κ2) is 7.52. The van der Waals surface area contributed by atoms with Gasteiger partial charge in [-0.1, -0.05) is 24.6 Å². The van der Waals surface area contributed by atoms with Crippen molar-refractivity contribution >= 4 is 27.4 Å². The minimum absolute atomic E-state index is 0.143. The maximum Gasteiger partial charge on any atom is 0.292 e. The number of rotatable bonds is 4. The van der Waals surface area contributed by atoms with E-state index < -0.39 is 10.0 Å². The molecule has 3 rings (SSSR count). The third-order valence-corrected chi connectivity index (χ3v) is 5.88. The van der Waals surface area contributed by atoms with E-state index in [-0.39, 0.29) is 6.04 Å². The molecule has 0 amide bonds. The average Bonchev–Trinajstić information content (AvgIpc) is 2.52. The first-order valence-electron chi connectivity index (χ1n) is 7.30. The van der Waals surface area contributed by atoms with Gasteiger partial charge in [0.25, 0.3) is 6.47 Å². The molecule has 2 aromatic rings. The molecule has 0 aliphatic heterocycles. The predicted octanol–water partition coefficient (Wildman–Crippen LogP) is 2.20. The van der Waals surface area contributed by atoms with Gasteiger partial charge in [-0.05, 0) is 25.0 Å². The van der Waals surface area contributed by atoms with Crippen LogP contribution in [0.5, 0.6) is 0 Å². The number of carbonyl (C=O) groups excluding carboxylic acids is 1. The van der Waals surface area contributed by atoms with Crippen molar-refractivity contribution in [3.05, 3.63) is 36.5 Å². The average molecular weight is 336 g/mol. The van der Waals surface area contributed by atoms with Crippen molar-refractivity contribution in [3.63, 3.8) is 0 Å². The minimum Gasteiger partial charge on any atom is -0.471 e. The molecule has 6 nitrogen and oxygen atoms in total. The molecule has 0 spiro atoms. The van der Waals surface area contributed by atoms with E-state index >= 15 is 0 Å². The van der Waals surface area contributed by atoms with Crippen LogP contribution in [0, 0.1) is 0 Å². The van der Waals surface area contributed by atoms with Crippen LogP contribution in [0.3, 0.4) is 0 Å². The number of hydrogen-bond donors (Lipinski definition) is 0. The fourth-order valence-electron chi connectivity index (χ4n) is 2.39. The van der Waals surface area contributed by atoms with Crippen molar-refractivity contribution in [1.82, 2.24) is 9.29 Å². The van der Waals surface area contributed by atoms with Crippen LogP contribution in [0.2, 0.25) is 0 Å². The Morgan fingerprint density at radius 3 is 2.48 bits per heavy atom. The fourth-order valence-corrected chi connectivity index (χ4v) is 3.97. The van der Waals surface area contributed by atoms with E-state index in [0.29, 0.717) is 16.9 Å². The summed E-state index contributed by atoms with van der Waals surface area (Å²) >= 11 is 0. The fraction of sp³-hybridized carbons (Fsp3) is 0.375. The molecule has 1 aliphatic rings. The van der Waals surface area contributed by atoms with E-state index in [1.165, 1.54) is 11.4 Å². The Kier molecular flexibility index (Phi) is 5.68. The van der Waals surface area contributed by atoms with E-state index in [4.69, 9.17) is 4.79 Å². The molecular formula is C16H20N2O4S. The number of pyridine rings is 1. The Bertz CT molecular complexity index is 767. The third kappa shape index (κ3) is 3.68. The Balaban J connectivity index is 0.000000433. The van der Waals surface area contributed by atoms with Gasteiger partial charge in [0.05, 0.1) is 12.6 Å². The second-order valence-corrected chi connectivity index (χ2v) is 7.24. The zero-order valence-electron chi connectivity index (χ0n) is 13.2. The lowest BCUT2D eigenvalue weighted by molar-refractivity contribution is -0.126. The molecule has 0 unspecified atom stereocenters. The smallest absolute Gasteiger partial charge is 0.292 e. The molecule has 124 valence electrons. The highest BCUT2D eigenvalue weighted by molar-refractivity contribution is 7.89. The summed E-state index contributed by atoms with van der Waals surface area (Å²) < 4.78 is 30.7.